The number of hydrogen-bond donors (Lipinski definition) is 1. The number of hydrogen-bond acceptors (Lipinski definition) is 3. The molecule has 1 aliphatic rings. The van der Waals surface area contributed by atoms with Crippen LogP contribution in [0.2, 0.25) is 0 Å². The molecule has 20 heavy (non-hydrogen) atoms. The molecule has 1 aliphatic heterocycles. The zero-order valence-corrected chi connectivity index (χ0v) is 13.1. The monoisotopic (exact) mass is 284 g/mol. The Bertz CT molecular complexity index is 336. The minimum atomic E-state index is -0.0916. The van der Waals surface area contributed by atoms with E-state index in [9.17, 15) is 9.59 Å². The van der Waals surface area contributed by atoms with E-state index in [-0.39, 0.29) is 17.9 Å². The summed E-state index contributed by atoms with van der Waals surface area (Å²) in [5, 5.41) is 0. The van der Waals surface area contributed by atoms with Gasteiger partial charge in [-0.05, 0) is 12.3 Å². The quantitative estimate of drug-likeness (QED) is 0.814. The zero-order chi connectivity index (χ0) is 15.3. The first-order chi connectivity index (χ1) is 9.36. The number of amides is 3. The van der Waals surface area contributed by atoms with Crippen LogP contribution in [0.3, 0.4) is 0 Å². The van der Waals surface area contributed by atoms with Gasteiger partial charge in [0.05, 0.1) is 5.92 Å². The van der Waals surface area contributed by atoms with Crippen LogP contribution in [0, 0.1) is 11.8 Å². The molecule has 0 spiro atoms. The minimum absolute atomic E-state index is 0.00894. The van der Waals surface area contributed by atoms with E-state index in [1.165, 1.54) is 0 Å². The Morgan fingerprint density at radius 3 is 2.00 bits per heavy atom. The van der Waals surface area contributed by atoms with Crippen molar-refractivity contribution in [3.8, 4) is 0 Å². The van der Waals surface area contributed by atoms with E-state index in [0.29, 0.717) is 38.6 Å². The van der Waals surface area contributed by atoms with Crippen LogP contribution in [0.5, 0.6) is 0 Å². The molecule has 0 saturated carbocycles. The van der Waals surface area contributed by atoms with Crippen LogP contribution >= 0.6 is 0 Å². The third-order valence-electron chi connectivity index (χ3n) is 3.63. The van der Waals surface area contributed by atoms with Crippen molar-refractivity contribution in [2.24, 2.45) is 17.6 Å². The fourth-order valence-corrected chi connectivity index (χ4v) is 2.53. The normalized spacial score (nSPS) is 17.3. The minimum Gasteiger partial charge on any atom is -0.339 e. The van der Waals surface area contributed by atoms with E-state index in [4.69, 9.17) is 5.73 Å². The molecule has 1 atom stereocenters. The summed E-state index contributed by atoms with van der Waals surface area (Å²) in [6, 6.07) is 0.00894. The Morgan fingerprint density at radius 1 is 1.10 bits per heavy atom. The third-order valence-corrected chi connectivity index (χ3v) is 3.63. The lowest BCUT2D eigenvalue weighted by molar-refractivity contribution is -0.137. The van der Waals surface area contributed by atoms with Crippen molar-refractivity contribution < 1.29 is 9.59 Å². The van der Waals surface area contributed by atoms with Crippen LogP contribution in [0.4, 0.5) is 4.79 Å². The first-order valence-electron chi connectivity index (χ1n) is 7.31. The first-order valence-corrected chi connectivity index (χ1v) is 7.31. The van der Waals surface area contributed by atoms with Crippen LogP contribution in [-0.2, 0) is 4.79 Å². The highest BCUT2D eigenvalue weighted by atomic mass is 16.2. The van der Waals surface area contributed by atoms with Crippen molar-refractivity contribution in [1.82, 2.24) is 14.7 Å². The lowest BCUT2D eigenvalue weighted by Gasteiger charge is -2.37. The Labute approximate surface area is 121 Å². The average Bonchev–Trinajstić information content (AvgIpc) is 2.43. The second-order valence-corrected chi connectivity index (χ2v) is 6.05. The summed E-state index contributed by atoms with van der Waals surface area (Å²) in [5.41, 5.74) is 5.73. The molecular formula is C14H28N4O2. The summed E-state index contributed by atoms with van der Waals surface area (Å²) in [5.74, 6) is 0.508. The Hall–Kier alpha value is -1.30. The topological polar surface area (TPSA) is 69.9 Å². The molecule has 6 nitrogen and oxygen atoms in total. The van der Waals surface area contributed by atoms with Crippen molar-refractivity contribution in [2.45, 2.75) is 20.3 Å². The maximum atomic E-state index is 12.4. The fourth-order valence-electron chi connectivity index (χ4n) is 2.53. The number of carbonyl (C=O) groups is 2. The number of urea groups is 1. The standard InChI is InChI=1S/C14H28N4O2/c1-11(2)9-12(10-15)13(19)17-5-7-18(8-6-17)14(20)16(3)4/h11-12H,5-10,15H2,1-4H3. The summed E-state index contributed by atoms with van der Waals surface area (Å²) in [6.07, 6.45) is 0.826. The molecule has 116 valence electrons. The van der Waals surface area contributed by atoms with Crippen molar-refractivity contribution in [3.05, 3.63) is 0 Å². The smallest absolute Gasteiger partial charge is 0.319 e. The third kappa shape index (κ3) is 4.37. The summed E-state index contributed by atoms with van der Waals surface area (Å²) in [7, 11) is 3.49. The van der Waals surface area contributed by atoms with Gasteiger partial charge in [-0.2, -0.15) is 0 Å². The van der Waals surface area contributed by atoms with E-state index in [0.717, 1.165) is 6.42 Å². The highest BCUT2D eigenvalue weighted by Crippen LogP contribution is 2.15. The van der Waals surface area contributed by atoms with Gasteiger partial charge in [0.15, 0.2) is 0 Å². The van der Waals surface area contributed by atoms with Gasteiger partial charge in [0.1, 0.15) is 0 Å². The van der Waals surface area contributed by atoms with Gasteiger partial charge in [-0.15, -0.1) is 0 Å². The van der Waals surface area contributed by atoms with Crippen molar-refractivity contribution in [1.29, 1.82) is 0 Å². The molecule has 0 aromatic heterocycles. The van der Waals surface area contributed by atoms with E-state index in [2.05, 4.69) is 13.8 Å². The molecule has 6 heteroatoms. The summed E-state index contributed by atoms with van der Waals surface area (Å²) in [4.78, 5) is 29.4. The van der Waals surface area contributed by atoms with Gasteiger partial charge in [-0.1, -0.05) is 13.8 Å². The van der Waals surface area contributed by atoms with Gasteiger partial charge in [-0.25, -0.2) is 4.79 Å². The fraction of sp³-hybridized carbons (Fsp3) is 0.857. The molecular weight excluding hydrogens is 256 g/mol. The second kappa shape index (κ2) is 7.47. The second-order valence-electron chi connectivity index (χ2n) is 6.05. The van der Waals surface area contributed by atoms with Crippen molar-refractivity contribution in [3.63, 3.8) is 0 Å². The van der Waals surface area contributed by atoms with Crippen molar-refractivity contribution in [2.75, 3.05) is 46.8 Å². The lowest BCUT2D eigenvalue weighted by Crippen LogP contribution is -2.54. The van der Waals surface area contributed by atoms with Crippen molar-refractivity contribution >= 4 is 11.9 Å². The van der Waals surface area contributed by atoms with Gasteiger partial charge < -0.3 is 20.4 Å². The van der Waals surface area contributed by atoms with E-state index in [1.54, 1.807) is 23.9 Å². The number of nitrogens with two attached hydrogens (primary N) is 1. The lowest BCUT2D eigenvalue weighted by atomic mass is 9.95. The van der Waals surface area contributed by atoms with E-state index in [1.807, 2.05) is 4.90 Å². The van der Waals surface area contributed by atoms with Gasteiger partial charge >= 0.3 is 6.03 Å². The number of nitrogens with zero attached hydrogens (tertiary/aromatic N) is 3. The SMILES string of the molecule is CC(C)CC(CN)C(=O)N1CCN(C(=O)N(C)C)CC1. The predicted octanol–water partition coefficient (Wildman–Crippen LogP) is 0.433. The largest absolute Gasteiger partial charge is 0.339 e. The van der Waals surface area contributed by atoms with Gasteiger partial charge in [0.25, 0.3) is 0 Å². The molecule has 1 unspecified atom stereocenters. The Morgan fingerprint density at radius 2 is 1.60 bits per heavy atom. The molecule has 2 N–H and O–H groups in total. The van der Waals surface area contributed by atoms with Crippen LogP contribution in [0.1, 0.15) is 20.3 Å². The highest BCUT2D eigenvalue weighted by molar-refractivity contribution is 5.80. The summed E-state index contributed by atoms with van der Waals surface area (Å²) in [6.45, 7) is 7.00. The molecule has 1 saturated heterocycles. The number of piperazine rings is 1. The van der Waals surface area contributed by atoms with Crippen LogP contribution in [-0.4, -0.2) is 73.5 Å². The molecule has 0 bridgehead atoms. The maximum absolute atomic E-state index is 12.4. The Kier molecular flexibility index (Phi) is 6.26. The van der Waals surface area contributed by atoms with Crippen LogP contribution < -0.4 is 5.73 Å². The van der Waals surface area contributed by atoms with Crippen LogP contribution in [0.25, 0.3) is 0 Å². The molecule has 0 aromatic carbocycles. The Balaban J connectivity index is 2.51. The molecule has 3 amide bonds. The molecule has 0 radical (unpaired) electrons. The van der Waals surface area contributed by atoms with E-state index < -0.39 is 0 Å². The highest BCUT2D eigenvalue weighted by Gasteiger charge is 2.28. The van der Waals surface area contributed by atoms with Gasteiger partial charge in [0.2, 0.25) is 5.91 Å². The van der Waals surface area contributed by atoms with Crippen LogP contribution in [0.15, 0.2) is 0 Å². The molecule has 0 aromatic rings. The molecule has 0 aliphatic carbocycles. The molecule has 1 rings (SSSR count). The number of rotatable bonds is 4. The molecule has 1 fully saturated rings. The molecule has 1 heterocycles. The maximum Gasteiger partial charge on any atom is 0.319 e. The van der Waals surface area contributed by atoms with E-state index >= 15 is 0 Å². The predicted molar refractivity (Wildman–Crippen MR) is 79.2 cm³/mol. The van der Waals surface area contributed by atoms with Gasteiger partial charge in [-0.3, -0.25) is 4.79 Å². The zero-order valence-electron chi connectivity index (χ0n) is 13.1. The first kappa shape index (κ1) is 16.8. The summed E-state index contributed by atoms with van der Waals surface area (Å²) < 4.78 is 0. The average molecular weight is 284 g/mol. The summed E-state index contributed by atoms with van der Waals surface area (Å²) >= 11 is 0. The van der Waals surface area contributed by atoms with Gasteiger partial charge in [0, 0.05) is 46.8 Å². The number of carbonyl (C=O) groups excluding carboxylic acids is 2.